The van der Waals surface area contributed by atoms with Crippen molar-refractivity contribution in [2.45, 2.75) is 6.54 Å². The van der Waals surface area contributed by atoms with Crippen molar-refractivity contribution in [2.24, 2.45) is 0 Å². The van der Waals surface area contributed by atoms with Crippen molar-refractivity contribution in [1.29, 1.82) is 0 Å². The molecule has 2 aromatic carbocycles. The lowest BCUT2D eigenvalue weighted by molar-refractivity contribution is -0.384. The second-order valence-electron chi connectivity index (χ2n) is 6.53. The van der Waals surface area contributed by atoms with Crippen molar-refractivity contribution in [3.63, 3.8) is 0 Å². The number of pyridine rings is 1. The number of nitro groups is 1. The molecule has 9 heteroatoms. The van der Waals surface area contributed by atoms with Gasteiger partial charge in [-0.1, -0.05) is 12.1 Å². The van der Waals surface area contributed by atoms with Crippen molar-refractivity contribution in [3.05, 3.63) is 99.4 Å². The van der Waals surface area contributed by atoms with Gasteiger partial charge in [0.15, 0.2) is 0 Å². The Hall–Kier alpha value is -4.40. The highest BCUT2D eigenvalue weighted by atomic mass is 16.6. The van der Waals surface area contributed by atoms with E-state index in [2.05, 4.69) is 10.3 Å². The molecule has 1 aliphatic rings. The van der Waals surface area contributed by atoms with Crippen molar-refractivity contribution < 1.29 is 19.3 Å². The molecule has 0 unspecified atom stereocenters. The summed E-state index contributed by atoms with van der Waals surface area (Å²) in [4.78, 5) is 53.2. The molecule has 1 aliphatic heterocycles. The van der Waals surface area contributed by atoms with Crippen LogP contribution >= 0.6 is 0 Å². The lowest BCUT2D eigenvalue weighted by Crippen LogP contribution is -2.30. The standard InChI is InChI=1S/C21H14N4O5/c26-19(23-12-13-3-2-8-22-11-13)14-4-1-5-15(9-14)24-20(27)17-7-6-16(25(29)30)10-18(17)21(24)28/h1-11H,12H2,(H,23,26). The van der Waals surface area contributed by atoms with Gasteiger partial charge in [0.25, 0.3) is 23.4 Å². The van der Waals surface area contributed by atoms with Crippen LogP contribution in [0.4, 0.5) is 11.4 Å². The Morgan fingerprint density at radius 1 is 1.03 bits per heavy atom. The fourth-order valence-electron chi connectivity index (χ4n) is 3.15. The van der Waals surface area contributed by atoms with Crippen LogP contribution in [-0.2, 0) is 6.54 Å². The van der Waals surface area contributed by atoms with E-state index in [1.54, 1.807) is 30.6 Å². The Kier molecular flexibility index (Phi) is 4.77. The van der Waals surface area contributed by atoms with Crippen LogP contribution in [0.3, 0.4) is 0 Å². The van der Waals surface area contributed by atoms with E-state index in [0.717, 1.165) is 16.5 Å². The second kappa shape index (κ2) is 7.55. The molecule has 1 aromatic heterocycles. The van der Waals surface area contributed by atoms with E-state index < -0.39 is 16.7 Å². The first-order valence-corrected chi connectivity index (χ1v) is 8.90. The average molecular weight is 402 g/mol. The minimum atomic E-state index is -0.674. The van der Waals surface area contributed by atoms with Gasteiger partial charge in [-0.15, -0.1) is 0 Å². The lowest BCUT2D eigenvalue weighted by atomic mass is 10.1. The van der Waals surface area contributed by atoms with Gasteiger partial charge in [-0.25, -0.2) is 4.90 Å². The van der Waals surface area contributed by atoms with Gasteiger partial charge in [0.05, 0.1) is 21.7 Å². The number of amides is 3. The SMILES string of the molecule is O=C(NCc1cccnc1)c1cccc(N2C(=O)c3ccc([N+](=O)[O-])cc3C2=O)c1. The van der Waals surface area contributed by atoms with Crippen LogP contribution < -0.4 is 10.2 Å². The van der Waals surface area contributed by atoms with Crippen molar-refractivity contribution in [3.8, 4) is 0 Å². The molecule has 2 heterocycles. The van der Waals surface area contributed by atoms with Crippen LogP contribution in [0.15, 0.2) is 67.0 Å². The number of anilines is 1. The van der Waals surface area contributed by atoms with E-state index >= 15 is 0 Å². The molecule has 0 bridgehead atoms. The van der Waals surface area contributed by atoms with Gasteiger partial charge in [0, 0.05) is 36.6 Å². The molecule has 9 nitrogen and oxygen atoms in total. The average Bonchev–Trinajstić information content (AvgIpc) is 3.02. The summed E-state index contributed by atoms with van der Waals surface area (Å²) in [5.74, 6) is -1.66. The quantitative estimate of drug-likeness (QED) is 0.398. The molecule has 1 N–H and O–H groups in total. The third-order valence-electron chi connectivity index (χ3n) is 4.62. The molecular formula is C21H14N4O5. The molecular weight excluding hydrogens is 388 g/mol. The molecule has 0 aliphatic carbocycles. The van der Waals surface area contributed by atoms with Gasteiger partial charge >= 0.3 is 0 Å². The number of rotatable bonds is 5. The van der Waals surface area contributed by atoms with E-state index in [9.17, 15) is 24.5 Å². The van der Waals surface area contributed by atoms with Crippen LogP contribution in [0.2, 0.25) is 0 Å². The highest BCUT2D eigenvalue weighted by Gasteiger charge is 2.38. The van der Waals surface area contributed by atoms with Crippen LogP contribution in [0.5, 0.6) is 0 Å². The summed E-state index contributed by atoms with van der Waals surface area (Å²) in [7, 11) is 0. The van der Waals surface area contributed by atoms with Gasteiger partial charge < -0.3 is 5.32 Å². The minimum Gasteiger partial charge on any atom is -0.348 e. The maximum Gasteiger partial charge on any atom is 0.270 e. The first-order valence-electron chi connectivity index (χ1n) is 8.90. The number of carbonyl (C=O) groups is 3. The van der Waals surface area contributed by atoms with Gasteiger partial charge in [0.1, 0.15) is 0 Å². The monoisotopic (exact) mass is 402 g/mol. The molecule has 3 aromatic rings. The third-order valence-corrected chi connectivity index (χ3v) is 4.62. The number of fused-ring (bicyclic) bond motifs is 1. The van der Waals surface area contributed by atoms with E-state index in [4.69, 9.17) is 0 Å². The first kappa shape index (κ1) is 18.9. The first-order chi connectivity index (χ1) is 14.5. The zero-order valence-electron chi connectivity index (χ0n) is 15.4. The highest BCUT2D eigenvalue weighted by Crippen LogP contribution is 2.31. The van der Waals surface area contributed by atoms with Gasteiger partial charge in [-0.3, -0.25) is 29.5 Å². The van der Waals surface area contributed by atoms with E-state index in [0.29, 0.717) is 0 Å². The Morgan fingerprint density at radius 2 is 1.83 bits per heavy atom. The Balaban J connectivity index is 1.57. The topological polar surface area (TPSA) is 123 Å². The second-order valence-corrected chi connectivity index (χ2v) is 6.53. The number of benzene rings is 2. The molecule has 30 heavy (non-hydrogen) atoms. The van der Waals surface area contributed by atoms with Crippen LogP contribution in [0, 0.1) is 10.1 Å². The molecule has 0 atom stereocenters. The molecule has 3 amide bonds. The van der Waals surface area contributed by atoms with Crippen molar-refractivity contribution in [2.75, 3.05) is 4.90 Å². The third kappa shape index (κ3) is 3.39. The van der Waals surface area contributed by atoms with Crippen molar-refractivity contribution in [1.82, 2.24) is 10.3 Å². The predicted molar refractivity (Wildman–Crippen MR) is 106 cm³/mol. The maximum absolute atomic E-state index is 12.7. The van der Waals surface area contributed by atoms with E-state index in [1.165, 1.54) is 24.3 Å². The summed E-state index contributed by atoms with van der Waals surface area (Å²) in [5.41, 5.74) is 1.05. The van der Waals surface area contributed by atoms with Crippen LogP contribution in [-0.4, -0.2) is 27.6 Å². The molecule has 0 saturated carbocycles. The normalized spacial score (nSPS) is 12.6. The largest absolute Gasteiger partial charge is 0.348 e. The van der Waals surface area contributed by atoms with E-state index in [1.807, 2.05) is 6.07 Å². The lowest BCUT2D eigenvalue weighted by Gasteiger charge is -2.15. The summed E-state index contributed by atoms with van der Waals surface area (Å²) in [6.07, 6.45) is 3.26. The summed E-state index contributed by atoms with van der Waals surface area (Å²) in [5, 5.41) is 13.7. The summed E-state index contributed by atoms with van der Waals surface area (Å²) >= 11 is 0. The molecule has 0 saturated heterocycles. The molecule has 0 spiro atoms. The highest BCUT2D eigenvalue weighted by molar-refractivity contribution is 6.34. The summed E-state index contributed by atoms with van der Waals surface area (Å²) in [6, 6.07) is 13.2. The molecule has 0 fully saturated rings. The fraction of sp³-hybridized carbons (Fsp3) is 0.0476. The number of hydrogen-bond donors (Lipinski definition) is 1. The number of aromatic nitrogens is 1. The Bertz CT molecular complexity index is 1190. The van der Waals surface area contributed by atoms with Gasteiger partial charge in [-0.05, 0) is 35.9 Å². The van der Waals surface area contributed by atoms with Gasteiger partial charge in [-0.2, -0.15) is 0 Å². The minimum absolute atomic E-state index is 0.0411. The molecule has 0 radical (unpaired) electrons. The zero-order chi connectivity index (χ0) is 21.3. The summed E-state index contributed by atoms with van der Waals surface area (Å²) < 4.78 is 0. The van der Waals surface area contributed by atoms with Crippen LogP contribution in [0.25, 0.3) is 0 Å². The van der Waals surface area contributed by atoms with Crippen LogP contribution in [0.1, 0.15) is 36.6 Å². The molecule has 148 valence electrons. The number of non-ortho nitro benzene ring substituents is 1. The smallest absolute Gasteiger partial charge is 0.270 e. The number of hydrogen-bond acceptors (Lipinski definition) is 6. The van der Waals surface area contributed by atoms with Gasteiger partial charge in [0.2, 0.25) is 0 Å². The Morgan fingerprint density at radius 3 is 2.57 bits per heavy atom. The van der Waals surface area contributed by atoms with Crippen molar-refractivity contribution >= 4 is 29.1 Å². The predicted octanol–water partition coefficient (Wildman–Crippen LogP) is 2.72. The number of carbonyl (C=O) groups excluding carboxylic acids is 3. The maximum atomic E-state index is 12.7. The zero-order valence-corrected chi connectivity index (χ0v) is 15.4. The summed E-state index contributed by atoms with van der Waals surface area (Å²) in [6.45, 7) is 0.271. The number of imide groups is 1. The van der Waals surface area contributed by atoms with E-state index in [-0.39, 0.29) is 40.5 Å². The number of nitro benzene ring substituents is 1. The Labute approximate surface area is 170 Å². The number of nitrogens with one attached hydrogen (secondary N) is 1. The number of nitrogens with zero attached hydrogens (tertiary/aromatic N) is 3. The molecule has 4 rings (SSSR count). The fourth-order valence-corrected chi connectivity index (χ4v) is 3.15.